The first kappa shape index (κ1) is 13.5. The summed E-state index contributed by atoms with van der Waals surface area (Å²) in [6.07, 6.45) is 1.54. The maximum absolute atomic E-state index is 12.3. The maximum Gasteiger partial charge on any atom is 0.255 e. The number of nitrogens with zero attached hydrogens (tertiary/aromatic N) is 5. The van der Waals surface area contributed by atoms with Crippen molar-refractivity contribution in [3.63, 3.8) is 0 Å². The Balaban J connectivity index is 1.65. The molecule has 1 amide bonds. The predicted octanol–water partition coefficient (Wildman–Crippen LogP) is 0.996. The van der Waals surface area contributed by atoms with E-state index in [9.17, 15) is 4.79 Å². The van der Waals surface area contributed by atoms with E-state index in [1.165, 1.54) is 0 Å². The van der Waals surface area contributed by atoms with Gasteiger partial charge in [0.2, 0.25) is 5.88 Å². The highest BCUT2D eigenvalue weighted by Gasteiger charge is 2.34. The Bertz CT molecular complexity index is 659. The van der Waals surface area contributed by atoms with Gasteiger partial charge in [-0.2, -0.15) is 5.10 Å². The van der Waals surface area contributed by atoms with Gasteiger partial charge in [0.1, 0.15) is 11.6 Å². The minimum Gasteiger partial charge on any atom is -0.481 e. The van der Waals surface area contributed by atoms with Gasteiger partial charge in [-0.3, -0.25) is 4.79 Å². The summed E-state index contributed by atoms with van der Waals surface area (Å²) in [5.74, 6) is 2.13. The molecule has 0 aromatic carbocycles. The lowest BCUT2D eigenvalue weighted by Crippen LogP contribution is -2.51. The van der Waals surface area contributed by atoms with Crippen molar-refractivity contribution in [1.29, 1.82) is 0 Å². The van der Waals surface area contributed by atoms with Gasteiger partial charge >= 0.3 is 0 Å². The van der Waals surface area contributed by atoms with Gasteiger partial charge in [-0.1, -0.05) is 0 Å². The van der Waals surface area contributed by atoms with Crippen LogP contribution in [-0.2, 0) is 0 Å². The molecule has 1 aliphatic heterocycles. The second-order valence-electron chi connectivity index (χ2n) is 5.10. The first-order valence-corrected chi connectivity index (χ1v) is 6.77. The molecule has 0 bridgehead atoms. The number of methoxy groups -OCH3 is 1. The lowest BCUT2D eigenvalue weighted by Gasteiger charge is -2.39. The largest absolute Gasteiger partial charge is 0.481 e. The number of hydrogen-bond acceptors (Lipinski definition) is 5. The summed E-state index contributed by atoms with van der Waals surface area (Å²) in [5.41, 5.74) is 0.570. The number of amides is 1. The molecule has 7 nitrogen and oxygen atoms in total. The van der Waals surface area contributed by atoms with Crippen LogP contribution in [0.2, 0.25) is 0 Å². The molecule has 21 heavy (non-hydrogen) atoms. The van der Waals surface area contributed by atoms with Gasteiger partial charge in [-0.25, -0.2) is 14.6 Å². The smallest absolute Gasteiger partial charge is 0.255 e. The summed E-state index contributed by atoms with van der Waals surface area (Å²) >= 11 is 0. The third-order valence-electron chi connectivity index (χ3n) is 3.60. The molecule has 2 aromatic heterocycles. The summed E-state index contributed by atoms with van der Waals surface area (Å²) < 4.78 is 6.88. The molecule has 0 atom stereocenters. The number of hydrogen-bond donors (Lipinski definition) is 0. The quantitative estimate of drug-likeness (QED) is 0.842. The van der Waals surface area contributed by atoms with Crippen LogP contribution in [0.3, 0.4) is 0 Å². The van der Waals surface area contributed by atoms with E-state index in [-0.39, 0.29) is 11.9 Å². The number of aryl methyl sites for hydroxylation is 2. The first-order chi connectivity index (χ1) is 10.1. The Morgan fingerprint density at radius 2 is 2.10 bits per heavy atom. The predicted molar refractivity (Wildman–Crippen MR) is 75.2 cm³/mol. The monoisotopic (exact) mass is 287 g/mol. The van der Waals surface area contributed by atoms with Crippen LogP contribution in [0.15, 0.2) is 18.3 Å². The average Bonchev–Trinajstić information content (AvgIpc) is 2.76. The van der Waals surface area contributed by atoms with Crippen LogP contribution in [0.4, 0.5) is 0 Å². The highest BCUT2D eigenvalue weighted by atomic mass is 16.5. The van der Waals surface area contributed by atoms with Crippen LogP contribution in [-0.4, -0.2) is 50.8 Å². The summed E-state index contributed by atoms with van der Waals surface area (Å²) in [6, 6.07) is 3.63. The Hall–Kier alpha value is -2.44. The van der Waals surface area contributed by atoms with Gasteiger partial charge in [0.05, 0.1) is 18.7 Å². The summed E-state index contributed by atoms with van der Waals surface area (Å²) in [6.45, 7) is 5.09. The van der Waals surface area contributed by atoms with Crippen LogP contribution < -0.4 is 4.74 Å². The Morgan fingerprint density at radius 3 is 2.62 bits per heavy atom. The maximum atomic E-state index is 12.3. The summed E-state index contributed by atoms with van der Waals surface area (Å²) in [4.78, 5) is 22.4. The lowest BCUT2D eigenvalue weighted by molar-refractivity contribution is 0.0496. The van der Waals surface area contributed by atoms with Crippen LogP contribution in [0.1, 0.15) is 28.0 Å². The number of rotatable bonds is 3. The number of carbonyl (C=O) groups excluding carboxylic acids is 1. The Labute approximate surface area is 122 Å². The fourth-order valence-electron chi connectivity index (χ4n) is 2.47. The zero-order chi connectivity index (χ0) is 15.0. The zero-order valence-electron chi connectivity index (χ0n) is 12.3. The lowest BCUT2D eigenvalue weighted by atomic mass is 10.1. The minimum atomic E-state index is -0.0177. The van der Waals surface area contributed by atoms with Crippen LogP contribution in [0.5, 0.6) is 5.88 Å². The van der Waals surface area contributed by atoms with Gasteiger partial charge in [-0.15, -0.1) is 0 Å². The Kier molecular flexibility index (Phi) is 3.32. The molecule has 3 rings (SSSR count). The van der Waals surface area contributed by atoms with E-state index < -0.39 is 0 Å². The molecule has 0 saturated carbocycles. The molecular weight excluding hydrogens is 270 g/mol. The normalized spacial score (nSPS) is 14.9. The van der Waals surface area contributed by atoms with E-state index in [1.807, 2.05) is 18.5 Å². The molecule has 1 fully saturated rings. The fourth-order valence-corrected chi connectivity index (χ4v) is 2.47. The number of pyridine rings is 1. The molecule has 1 saturated heterocycles. The Morgan fingerprint density at radius 1 is 1.33 bits per heavy atom. The molecule has 0 unspecified atom stereocenters. The second-order valence-corrected chi connectivity index (χ2v) is 5.10. The molecule has 0 aliphatic carbocycles. The highest BCUT2D eigenvalue weighted by molar-refractivity contribution is 5.94. The molecule has 1 aliphatic rings. The fraction of sp³-hybridized carbons (Fsp3) is 0.429. The van der Waals surface area contributed by atoms with E-state index in [4.69, 9.17) is 4.74 Å². The van der Waals surface area contributed by atoms with Crippen molar-refractivity contribution >= 4 is 5.91 Å². The van der Waals surface area contributed by atoms with Gasteiger partial charge < -0.3 is 9.64 Å². The van der Waals surface area contributed by atoms with E-state index in [1.54, 1.807) is 30.3 Å². The topological polar surface area (TPSA) is 73.1 Å². The summed E-state index contributed by atoms with van der Waals surface area (Å²) in [7, 11) is 1.55. The standard InChI is InChI=1S/C14H17N5O2/c1-9-16-10(2)19(17-9)12-7-18(8-12)14(20)11-4-5-13(21-3)15-6-11/h4-6,12H,7-8H2,1-3H3. The van der Waals surface area contributed by atoms with Gasteiger partial charge in [-0.05, 0) is 19.9 Å². The van der Waals surface area contributed by atoms with E-state index in [2.05, 4.69) is 15.1 Å². The van der Waals surface area contributed by atoms with Crippen LogP contribution >= 0.6 is 0 Å². The van der Waals surface area contributed by atoms with Gasteiger partial charge in [0, 0.05) is 25.4 Å². The minimum absolute atomic E-state index is 0.0177. The molecule has 2 aromatic rings. The SMILES string of the molecule is COc1ccc(C(=O)N2CC(n3nc(C)nc3C)C2)cn1. The van der Waals surface area contributed by atoms with Crippen molar-refractivity contribution in [1.82, 2.24) is 24.6 Å². The molecule has 3 heterocycles. The third kappa shape index (κ3) is 2.46. The van der Waals surface area contributed by atoms with Crippen molar-refractivity contribution in [2.75, 3.05) is 20.2 Å². The van der Waals surface area contributed by atoms with E-state index in [0.717, 1.165) is 11.6 Å². The average molecular weight is 287 g/mol. The van der Waals surface area contributed by atoms with Crippen molar-refractivity contribution in [3.8, 4) is 5.88 Å². The third-order valence-corrected chi connectivity index (χ3v) is 3.60. The molecule has 0 radical (unpaired) electrons. The van der Waals surface area contributed by atoms with Crippen molar-refractivity contribution in [3.05, 3.63) is 35.5 Å². The summed E-state index contributed by atoms with van der Waals surface area (Å²) in [5, 5.41) is 4.36. The number of ether oxygens (including phenoxy) is 1. The zero-order valence-corrected chi connectivity index (χ0v) is 12.3. The van der Waals surface area contributed by atoms with Crippen LogP contribution in [0.25, 0.3) is 0 Å². The molecule has 0 spiro atoms. The van der Waals surface area contributed by atoms with E-state index >= 15 is 0 Å². The number of aromatic nitrogens is 4. The number of likely N-dealkylation sites (tertiary alicyclic amines) is 1. The van der Waals surface area contributed by atoms with E-state index in [0.29, 0.717) is 24.5 Å². The number of carbonyl (C=O) groups is 1. The molecule has 0 N–H and O–H groups in total. The van der Waals surface area contributed by atoms with Crippen LogP contribution in [0, 0.1) is 13.8 Å². The molecular formula is C14H17N5O2. The second kappa shape index (κ2) is 5.16. The first-order valence-electron chi connectivity index (χ1n) is 6.77. The van der Waals surface area contributed by atoms with Gasteiger partial charge in [0.15, 0.2) is 0 Å². The van der Waals surface area contributed by atoms with Crippen molar-refractivity contribution < 1.29 is 9.53 Å². The molecule has 110 valence electrons. The van der Waals surface area contributed by atoms with Gasteiger partial charge in [0.25, 0.3) is 5.91 Å². The van der Waals surface area contributed by atoms with Crippen molar-refractivity contribution in [2.45, 2.75) is 19.9 Å². The highest BCUT2D eigenvalue weighted by Crippen LogP contribution is 2.23. The molecule has 7 heteroatoms. The van der Waals surface area contributed by atoms with Crippen molar-refractivity contribution in [2.24, 2.45) is 0 Å².